The summed E-state index contributed by atoms with van der Waals surface area (Å²) in [6.07, 6.45) is 0.912. The number of aliphatic hydroxyl groups is 1. The van der Waals surface area contributed by atoms with Crippen LogP contribution in [0.4, 0.5) is 0 Å². The smallest absolute Gasteiger partial charge is 0.167 e. The molecule has 16 heavy (non-hydrogen) atoms. The van der Waals surface area contributed by atoms with E-state index in [9.17, 15) is 9.59 Å². The fourth-order valence-electron chi connectivity index (χ4n) is 1.37. The molecule has 0 bridgehead atoms. The summed E-state index contributed by atoms with van der Waals surface area (Å²) < 4.78 is 0. The molecule has 0 aliphatic carbocycles. The maximum atomic E-state index is 11.8. The van der Waals surface area contributed by atoms with Crippen molar-refractivity contribution in [3.8, 4) is 0 Å². The highest BCUT2D eigenvalue weighted by Gasteiger charge is 2.17. The molecule has 4 heteroatoms. The minimum absolute atomic E-state index is 0.113. The second-order valence-corrected chi connectivity index (χ2v) is 4.05. The molecule has 0 fully saturated rings. The Morgan fingerprint density at radius 1 is 1.56 bits per heavy atom. The van der Waals surface area contributed by atoms with Crippen molar-refractivity contribution in [3.63, 3.8) is 0 Å². The second-order valence-electron chi connectivity index (χ2n) is 3.64. The molecule has 0 saturated carbocycles. The number of aldehydes is 1. The number of benzene rings is 1. The molecule has 86 valence electrons. The molecule has 3 nitrogen and oxygen atoms in total. The van der Waals surface area contributed by atoms with E-state index in [-0.39, 0.29) is 24.7 Å². The third-order valence-corrected chi connectivity index (χ3v) is 2.69. The van der Waals surface area contributed by atoms with Crippen molar-refractivity contribution in [2.75, 3.05) is 0 Å². The van der Waals surface area contributed by atoms with Gasteiger partial charge in [0.15, 0.2) is 5.78 Å². The molecular formula is C12H13ClO3. The highest BCUT2D eigenvalue weighted by atomic mass is 35.5. The first-order valence-electron chi connectivity index (χ1n) is 4.97. The van der Waals surface area contributed by atoms with Crippen molar-refractivity contribution >= 4 is 23.7 Å². The van der Waals surface area contributed by atoms with Crippen LogP contribution in [0.2, 0.25) is 5.02 Å². The van der Waals surface area contributed by atoms with Crippen LogP contribution in [0.5, 0.6) is 0 Å². The van der Waals surface area contributed by atoms with Gasteiger partial charge >= 0.3 is 0 Å². The lowest BCUT2D eigenvalue weighted by molar-refractivity contribution is -0.108. The Morgan fingerprint density at radius 2 is 2.25 bits per heavy atom. The topological polar surface area (TPSA) is 54.4 Å². The quantitative estimate of drug-likeness (QED) is 0.634. The Kier molecular flexibility index (Phi) is 4.65. The number of carbonyl (C=O) groups excluding carboxylic acids is 2. The van der Waals surface area contributed by atoms with Crippen molar-refractivity contribution in [1.82, 2.24) is 0 Å². The molecule has 0 heterocycles. The van der Waals surface area contributed by atoms with Gasteiger partial charge < -0.3 is 9.90 Å². The molecule has 1 aromatic rings. The minimum Gasteiger partial charge on any atom is -0.392 e. The van der Waals surface area contributed by atoms with E-state index in [2.05, 4.69) is 0 Å². The van der Waals surface area contributed by atoms with Crippen molar-refractivity contribution < 1.29 is 14.7 Å². The van der Waals surface area contributed by atoms with Crippen LogP contribution in [-0.2, 0) is 11.4 Å². The van der Waals surface area contributed by atoms with Gasteiger partial charge in [-0.2, -0.15) is 0 Å². The minimum atomic E-state index is -0.366. The average Bonchev–Trinajstić information content (AvgIpc) is 2.28. The highest BCUT2D eigenvalue weighted by molar-refractivity contribution is 6.34. The normalized spacial score (nSPS) is 12.2. The molecule has 0 aliphatic heterocycles. The number of aliphatic hydroxyl groups excluding tert-OH is 1. The number of hydrogen-bond donors (Lipinski definition) is 1. The molecule has 1 rings (SSSR count). The summed E-state index contributed by atoms with van der Waals surface area (Å²) in [6.45, 7) is 1.57. The molecule has 0 saturated heterocycles. The zero-order valence-electron chi connectivity index (χ0n) is 8.94. The number of ketones is 1. The number of halogens is 1. The van der Waals surface area contributed by atoms with Crippen LogP contribution in [0.15, 0.2) is 18.2 Å². The fraction of sp³-hybridized carbons (Fsp3) is 0.333. The monoisotopic (exact) mass is 240 g/mol. The standard InChI is InChI=1S/C12H13ClO3/c1-8(4-5-14)12(16)10-3-2-9(7-15)6-11(10)13/h2-3,5-6,8,15H,4,7H2,1H3. The lowest BCUT2D eigenvalue weighted by Gasteiger charge is -2.09. The van der Waals surface area contributed by atoms with Gasteiger partial charge in [0, 0.05) is 17.9 Å². The molecule has 0 radical (unpaired) electrons. The van der Waals surface area contributed by atoms with E-state index in [1.54, 1.807) is 25.1 Å². The van der Waals surface area contributed by atoms with Gasteiger partial charge in [-0.1, -0.05) is 24.6 Å². The van der Waals surface area contributed by atoms with Crippen LogP contribution < -0.4 is 0 Å². The fourth-order valence-corrected chi connectivity index (χ4v) is 1.67. The van der Waals surface area contributed by atoms with E-state index >= 15 is 0 Å². The maximum absolute atomic E-state index is 11.8. The largest absolute Gasteiger partial charge is 0.392 e. The summed E-state index contributed by atoms with van der Waals surface area (Å²) in [4.78, 5) is 22.2. The zero-order chi connectivity index (χ0) is 12.1. The molecule has 1 unspecified atom stereocenters. The summed E-state index contributed by atoms with van der Waals surface area (Å²) >= 11 is 5.93. The van der Waals surface area contributed by atoms with Gasteiger partial charge in [0.1, 0.15) is 6.29 Å². The molecule has 1 atom stereocenters. The third kappa shape index (κ3) is 2.90. The molecule has 0 aromatic heterocycles. The number of carbonyl (C=O) groups is 2. The predicted molar refractivity (Wildman–Crippen MR) is 61.6 cm³/mol. The predicted octanol–water partition coefficient (Wildman–Crippen LogP) is 2.24. The van der Waals surface area contributed by atoms with E-state index in [0.29, 0.717) is 16.1 Å². The first kappa shape index (κ1) is 12.9. The molecular weight excluding hydrogens is 228 g/mol. The van der Waals surface area contributed by atoms with E-state index in [1.165, 1.54) is 0 Å². The van der Waals surface area contributed by atoms with Crippen molar-refractivity contribution in [1.29, 1.82) is 0 Å². The van der Waals surface area contributed by atoms with Crippen molar-refractivity contribution in [3.05, 3.63) is 34.3 Å². The highest BCUT2D eigenvalue weighted by Crippen LogP contribution is 2.22. The van der Waals surface area contributed by atoms with Gasteiger partial charge in [0.25, 0.3) is 0 Å². The Morgan fingerprint density at radius 3 is 2.75 bits per heavy atom. The van der Waals surface area contributed by atoms with Crippen molar-refractivity contribution in [2.24, 2.45) is 5.92 Å². The van der Waals surface area contributed by atoms with Crippen LogP contribution in [-0.4, -0.2) is 17.2 Å². The molecule has 1 N–H and O–H groups in total. The number of hydrogen-bond acceptors (Lipinski definition) is 3. The molecule has 0 aliphatic rings. The lowest BCUT2D eigenvalue weighted by atomic mass is 9.96. The SMILES string of the molecule is CC(CC=O)C(=O)c1ccc(CO)cc1Cl. The van der Waals surface area contributed by atoms with E-state index in [0.717, 1.165) is 6.29 Å². The van der Waals surface area contributed by atoms with Crippen LogP contribution in [0.25, 0.3) is 0 Å². The average molecular weight is 241 g/mol. The summed E-state index contributed by atoms with van der Waals surface area (Å²) in [5.41, 5.74) is 1.05. The van der Waals surface area contributed by atoms with Crippen molar-refractivity contribution in [2.45, 2.75) is 20.0 Å². The molecule has 0 amide bonds. The molecule has 0 spiro atoms. The molecule has 1 aromatic carbocycles. The van der Waals surface area contributed by atoms with Gasteiger partial charge in [-0.25, -0.2) is 0 Å². The Bertz CT molecular complexity index is 401. The van der Waals surface area contributed by atoms with Gasteiger partial charge in [0.2, 0.25) is 0 Å². The van der Waals surface area contributed by atoms with Gasteiger partial charge in [0.05, 0.1) is 11.6 Å². The van der Waals surface area contributed by atoms with Crippen LogP contribution >= 0.6 is 11.6 Å². The summed E-state index contributed by atoms with van der Waals surface area (Å²) in [6, 6.07) is 4.78. The first-order chi connectivity index (χ1) is 7.60. The van der Waals surface area contributed by atoms with E-state index < -0.39 is 0 Å². The van der Waals surface area contributed by atoms with Crippen LogP contribution in [0.1, 0.15) is 29.3 Å². The number of rotatable bonds is 5. The number of Topliss-reactive ketones (excluding diaryl/α,β-unsaturated/α-hetero) is 1. The van der Waals surface area contributed by atoms with Crippen LogP contribution in [0.3, 0.4) is 0 Å². The third-order valence-electron chi connectivity index (χ3n) is 2.38. The van der Waals surface area contributed by atoms with Gasteiger partial charge in [-0.15, -0.1) is 0 Å². The maximum Gasteiger partial charge on any atom is 0.167 e. The Balaban J connectivity index is 2.95. The van der Waals surface area contributed by atoms with E-state index in [4.69, 9.17) is 16.7 Å². The summed E-state index contributed by atoms with van der Waals surface area (Å²) in [5, 5.41) is 9.21. The summed E-state index contributed by atoms with van der Waals surface area (Å²) in [5.74, 6) is -0.517. The Hall–Kier alpha value is -1.19. The van der Waals surface area contributed by atoms with E-state index in [1.807, 2.05) is 0 Å². The van der Waals surface area contributed by atoms with Gasteiger partial charge in [-0.3, -0.25) is 4.79 Å². The lowest BCUT2D eigenvalue weighted by Crippen LogP contribution is -2.12. The van der Waals surface area contributed by atoms with Gasteiger partial charge in [-0.05, 0) is 17.7 Å². The van der Waals surface area contributed by atoms with Crippen LogP contribution in [0, 0.1) is 5.92 Å². The Labute approximate surface area is 99.0 Å². The second kappa shape index (κ2) is 5.77. The summed E-state index contributed by atoms with van der Waals surface area (Å²) in [7, 11) is 0. The first-order valence-corrected chi connectivity index (χ1v) is 5.35. The zero-order valence-corrected chi connectivity index (χ0v) is 9.70.